The van der Waals surface area contributed by atoms with Crippen molar-refractivity contribution in [2.24, 2.45) is 0 Å². The summed E-state index contributed by atoms with van der Waals surface area (Å²) in [5, 5.41) is 0.786. The number of benzene rings is 1. The first kappa shape index (κ1) is 13.9. The van der Waals surface area contributed by atoms with E-state index in [0.29, 0.717) is 5.02 Å². The highest BCUT2D eigenvalue weighted by molar-refractivity contribution is 7.99. The maximum absolute atomic E-state index is 12.6. The van der Waals surface area contributed by atoms with E-state index in [1.807, 2.05) is 36.1 Å². The lowest BCUT2D eigenvalue weighted by Crippen LogP contribution is -2.30. The normalized spacial score (nSPS) is 18.5. The van der Waals surface area contributed by atoms with E-state index in [1.165, 1.54) is 11.3 Å². The van der Waals surface area contributed by atoms with Gasteiger partial charge < -0.3 is 4.90 Å². The standard InChI is InChI=1S/C14H13ClN2OS2/c1-9-12(20-8-16-9)13(18)17-6-7-19-14(17)10-2-4-11(15)5-3-10/h2-5,8,14H,6-7H2,1H3. The summed E-state index contributed by atoms with van der Waals surface area (Å²) in [7, 11) is 0. The molecular weight excluding hydrogens is 312 g/mol. The van der Waals surface area contributed by atoms with Crippen LogP contribution in [0.5, 0.6) is 0 Å². The van der Waals surface area contributed by atoms with Crippen LogP contribution in [0, 0.1) is 6.92 Å². The fourth-order valence-corrected chi connectivity index (χ4v) is 4.36. The second-order valence-corrected chi connectivity index (χ2v) is 7.02. The first-order valence-electron chi connectivity index (χ1n) is 6.25. The van der Waals surface area contributed by atoms with Crippen molar-refractivity contribution in [2.75, 3.05) is 12.3 Å². The van der Waals surface area contributed by atoms with Crippen LogP contribution in [-0.2, 0) is 0 Å². The van der Waals surface area contributed by atoms with Crippen molar-refractivity contribution in [1.82, 2.24) is 9.88 Å². The molecule has 0 aliphatic carbocycles. The number of carbonyl (C=O) groups is 1. The van der Waals surface area contributed by atoms with Crippen molar-refractivity contribution in [2.45, 2.75) is 12.3 Å². The Bertz CT molecular complexity index is 626. The topological polar surface area (TPSA) is 33.2 Å². The third-order valence-corrected chi connectivity index (χ3v) is 5.68. The summed E-state index contributed by atoms with van der Waals surface area (Å²) in [6.45, 7) is 2.65. The lowest BCUT2D eigenvalue weighted by Gasteiger charge is -2.23. The van der Waals surface area contributed by atoms with Gasteiger partial charge in [-0.05, 0) is 24.6 Å². The van der Waals surface area contributed by atoms with E-state index in [4.69, 9.17) is 11.6 Å². The smallest absolute Gasteiger partial charge is 0.267 e. The summed E-state index contributed by atoms with van der Waals surface area (Å²) in [6, 6.07) is 7.73. The zero-order chi connectivity index (χ0) is 14.1. The summed E-state index contributed by atoms with van der Waals surface area (Å²) in [6.07, 6.45) is 0. The Hall–Kier alpha value is -1.04. The number of thioether (sulfide) groups is 1. The van der Waals surface area contributed by atoms with E-state index in [1.54, 1.807) is 17.3 Å². The van der Waals surface area contributed by atoms with E-state index < -0.39 is 0 Å². The molecule has 2 aromatic rings. The molecule has 0 saturated carbocycles. The largest absolute Gasteiger partial charge is 0.321 e. The van der Waals surface area contributed by atoms with E-state index in [0.717, 1.165) is 28.4 Å². The van der Waals surface area contributed by atoms with Gasteiger partial charge in [0, 0.05) is 17.3 Å². The summed E-state index contributed by atoms with van der Waals surface area (Å²) in [5.41, 5.74) is 3.66. The van der Waals surface area contributed by atoms with Gasteiger partial charge in [0.05, 0.1) is 11.2 Å². The van der Waals surface area contributed by atoms with Gasteiger partial charge in [0.15, 0.2) is 0 Å². The molecular formula is C14H13ClN2OS2. The molecule has 104 valence electrons. The Morgan fingerprint density at radius 1 is 1.40 bits per heavy atom. The van der Waals surface area contributed by atoms with Gasteiger partial charge in [-0.1, -0.05) is 23.7 Å². The Morgan fingerprint density at radius 2 is 2.15 bits per heavy atom. The van der Waals surface area contributed by atoms with Crippen LogP contribution >= 0.6 is 34.7 Å². The molecule has 1 amide bonds. The zero-order valence-corrected chi connectivity index (χ0v) is 13.3. The van der Waals surface area contributed by atoms with Gasteiger partial charge in [-0.25, -0.2) is 4.98 Å². The molecule has 6 heteroatoms. The van der Waals surface area contributed by atoms with E-state index in [2.05, 4.69) is 4.98 Å². The highest BCUT2D eigenvalue weighted by Crippen LogP contribution is 2.39. The Labute approximate surface area is 131 Å². The third kappa shape index (κ3) is 2.57. The van der Waals surface area contributed by atoms with E-state index in [-0.39, 0.29) is 11.3 Å². The molecule has 1 saturated heterocycles. The number of thiazole rings is 1. The SMILES string of the molecule is Cc1ncsc1C(=O)N1CCSC1c1ccc(Cl)cc1. The second kappa shape index (κ2) is 5.76. The second-order valence-electron chi connectivity index (χ2n) is 4.54. The number of halogens is 1. The quantitative estimate of drug-likeness (QED) is 0.837. The molecule has 3 rings (SSSR count). The molecule has 1 fully saturated rings. The first-order valence-corrected chi connectivity index (χ1v) is 8.55. The van der Waals surface area contributed by atoms with Gasteiger partial charge in [0.25, 0.3) is 5.91 Å². The van der Waals surface area contributed by atoms with Crippen molar-refractivity contribution >= 4 is 40.6 Å². The van der Waals surface area contributed by atoms with Crippen LogP contribution in [0.2, 0.25) is 5.02 Å². The predicted octanol–water partition coefficient (Wildman–Crippen LogP) is 3.99. The van der Waals surface area contributed by atoms with Crippen LogP contribution in [0.25, 0.3) is 0 Å². The van der Waals surface area contributed by atoms with Gasteiger partial charge in [-0.15, -0.1) is 23.1 Å². The molecule has 0 spiro atoms. The number of carbonyl (C=O) groups excluding carboxylic acids is 1. The third-order valence-electron chi connectivity index (χ3n) is 3.25. The molecule has 2 heterocycles. The van der Waals surface area contributed by atoms with Crippen LogP contribution in [0.1, 0.15) is 26.3 Å². The molecule has 1 aliphatic heterocycles. The number of aromatic nitrogens is 1. The molecule has 0 radical (unpaired) electrons. The van der Waals surface area contributed by atoms with Gasteiger partial charge in [-0.3, -0.25) is 4.79 Å². The maximum Gasteiger partial charge on any atom is 0.267 e. The van der Waals surface area contributed by atoms with Crippen molar-refractivity contribution in [1.29, 1.82) is 0 Å². The molecule has 1 aromatic heterocycles. The lowest BCUT2D eigenvalue weighted by atomic mass is 10.2. The van der Waals surface area contributed by atoms with Gasteiger partial charge in [-0.2, -0.15) is 0 Å². The summed E-state index contributed by atoms with van der Waals surface area (Å²) in [4.78, 5) is 19.5. The van der Waals surface area contributed by atoms with Gasteiger partial charge >= 0.3 is 0 Å². The number of hydrogen-bond acceptors (Lipinski definition) is 4. The number of nitrogens with zero attached hydrogens (tertiary/aromatic N) is 2. The Kier molecular flexibility index (Phi) is 4.01. The Balaban J connectivity index is 1.87. The monoisotopic (exact) mass is 324 g/mol. The molecule has 3 nitrogen and oxygen atoms in total. The maximum atomic E-state index is 12.6. The molecule has 0 N–H and O–H groups in total. The number of rotatable bonds is 2. The predicted molar refractivity (Wildman–Crippen MR) is 84.5 cm³/mol. The highest BCUT2D eigenvalue weighted by Gasteiger charge is 2.32. The minimum Gasteiger partial charge on any atom is -0.321 e. The molecule has 20 heavy (non-hydrogen) atoms. The molecule has 1 aliphatic rings. The zero-order valence-electron chi connectivity index (χ0n) is 10.9. The lowest BCUT2D eigenvalue weighted by molar-refractivity contribution is 0.0764. The molecule has 1 unspecified atom stereocenters. The van der Waals surface area contributed by atoms with Crippen LogP contribution in [0.4, 0.5) is 0 Å². The fourth-order valence-electron chi connectivity index (χ4n) is 2.22. The summed E-state index contributed by atoms with van der Waals surface area (Å²) < 4.78 is 0. The molecule has 1 atom stereocenters. The first-order chi connectivity index (χ1) is 9.66. The van der Waals surface area contributed by atoms with Crippen LogP contribution in [-0.4, -0.2) is 28.1 Å². The number of hydrogen-bond donors (Lipinski definition) is 0. The van der Waals surface area contributed by atoms with Crippen molar-refractivity contribution in [3.63, 3.8) is 0 Å². The molecule has 0 bridgehead atoms. The minimum absolute atomic E-state index is 0.0706. The fraction of sp³-hybridized carbons (Fsp3) is 0.286. The minimum atomic E-state index is 0.0706. The van der Waals surface area contributed by atoms with Crippen LogP contribution in [0.3, 0.4) is 0 Å². The summed E-state index contributed by atoms with van der Waals surface area (Å²) in [5.74, 6) is 1.03. The molecule has 1 aromatic carbocycles. The highest BCUT2D eigenvalue weighted by atomic mass is 35.5. The van der Waals surface area contributed by atoms with Crippen LogP contribution < -0.4 is 0 Å². The Morgan fingerprint density at radius 3 is 2.80 bits per heavy atom. The number of amides is 1. The summed E-state index contributed by atoms with van der Waals surface area (Å²) >= 11 is 9.12. The van der Waals surface area contributed by atoms with E-state index in [9.17, 15) is 4.79 Å². The average Bonchev–Trinajstić information content (AvgIpc) is 3.07. The van der Waals surface area contributed by atoms with Gasteiger partial charge in [0.2, 0.25) is 0 Å². The van der Waals surface area contributed by atoms with Crippen molar-refractivity contribution in [3.05, 3.63) is 50.9 Å². The van der Waals surface area contributed by atoms with Crippen LogP contribution in [0.15, 0.2) is 29.8 Å². The average molecular weight is 325 g/mol. The van der Waals surface area contributed by atoms with Crippen molar-refractivity contribution < 1.29 is 4.79 Å². The van der Waals surface area contributed by atoms with E-state index >= 15 is 0 Å². The van der Waals surface area contributed by atoms with Crippen molar-refractivity contribution in [3.8, 4) is 0 Å². The van der Waals surface area contributed by atoms with Gasteiger partial charge in [0.1, 0.15) is 10.3 Å². The number of aryl methyl sites for hydroxylation is 1.